The summed E-state index contributed by atoms with van der Waals surface area (Å²) in [7, 11) is 1.69. The molecule has 1 aromatic carbocycles. The van der Waals surface area contributed by atoms with E-state index in [2.05, 4.69) is 29.8 Å². The maximum atomic E-state index is 12.6. The van der Waals surface area contributed by atoms with E-state index in [9.17, 15) is 4.79 Å². The molecule has 0 unspecified atom stereocenters. The maximum Gasteiger partial charge on any atom is 0.251 e. The molecule has 1 atom stereocenters. The Morgan fingerprint density at radius 3 is 3.00 bits per heavy atom. The Bertz CT molecular complexity index is 720. The lowest BCUT2D eigenvalue weighted by Crippen LogP contribution is -2.45. The van der Waals surface area contributed by atoms with E-state index in [-0.39, 0.29) is 17.6 Å². The van der Waals surface area contributed by atoms with Crippen LogP contribution in [0, 0.1) is 0 Å². The number of rotatable bonds is 5. The fourth-order valence-corrected chi connectivity index (χ4v) is 3.33. The highest BCUT2D eigenvalue weighted by Gasteiger charge is 2.29. The van der Waals surface area contributed by atoms with Crippen LogP contribution in [0.3, 0.4) is 0 Å². The Balaban J connectivity index is 1.74. The van der Waals surface area contributed by atoms with Crippen LogP contribution in [0.5, 0.6) is 0 Å². The summed E-state index contributed by atoms with van der Waals surface area (Å²) in [5.41, 5.74) is 1.59. The van der Waals surface area contributed by atoms with E-state index in [0.717, 1.165) is 30.3 Å². The fraction of sp³-hybridized carbons (Fsp3) is 0.526. The maximum absolute atomic E-state index is 12.6. The summed E-state index contributed by atoms with van der Waals surface area (Å²) < 4.78 is 13.0. The number of hydrogen-bond donors (Lipinski definition) is 1. The van der Waals surface area contributed by atoms with Crippen LogP contribution in [0.2, 0.25) is 0 Å². The zero-order valence-electron chi connectivity index (χ0n) is 14.7. The van der Waals surface area contributed by atoms with Crippen molar-refractivity contribution >= 4 is 16.8 Å². The fourth-order valence-electron chi connectivity index (χ4n) is 3.33. The molecule has 0 spiro atoms. The van der Waals surface area contributed by atoms with Crippen LogP contribution >= 0.6 is 0 Å². The zero-order chi connectivity index (χ0) is 17.2. The topological polar surface area (TPSA) is 52.5 Å². The molecule has 24 heavy (non-hydrogen) atoms. The van der Waals surface area contributed by atoms with Gasteiger partial charge in [0.2, 0.25) is 0 Å². The number of aromatic nitrogens is 1. The van der Waals surface area contributed by atoms with Crippen LogP contribution in [0.25, 0.3) is 10.9 Å². The highest BCUT2D eigenvalue weighted by molar-refractivity contribution is 5.98. The van der Waals surface area contributed by atoms with Crippen molar-refractivity contribution in [1.82, 2.24) is 9.88 Å². The molecule has 130 valence electrons. The number of hydrogen-bond acceptors (Lipinski definition) is 3. The Hall–Kier alpha value is -1.85. The number of carbonyl (C=O) groups is 1. The number of benzene rings is 1. The average molecular weight is 330 g/mol. The SMILES string of the molecule is COCCn1ccc2ccc(C(=O)N[C@H]3CCOC(C)(C)C3)cc21. The van der Waals surface area contributed by atoms with Gasteiger partial charge in [0.25, 0.3) is 5.91 Å². The third kappa shape index (κ3) is 3.79. The molecule has 0 saturated carbocycles. The summed E-state index contributed by atoms with van der Waals surface area (Å²) >= 11 is 0. The second-order valence-corrected chi connectivity index (χ2v) is 7.05. The van der Waals surface area contributed by atoms with E-state index in [1.54, 1.807) is 7.11 Å². The largest absolute Gasteiger partial charge is 0.383 e. The van der Waals surface area contributed by atoms with Gasteiger partial charge in [-0.25, -0.2) is 0 Å². The molecule has 0 aliphatic carbocycles. The van der Waals surface area contributed by atoms with Crippen molar-refractivity contribution in [2.75, 3.05) is 20.3 Å². The molecule has 5 nitrogen and oxygen atoms in total. The third-order valence-electron chi connectivity index (χ3n) is 4.60. The lowest BCUT2D eigenvalue weighted by molar-refractivity contribution is -0.0615. The first kappa shape index (κ1) is 17.0. The molecule has 0 radical (unpaired) electrons. The Morgan fingerprint density at radius 1 is 1.42 bits per heavy atom. The van der Waals surface area contributed by atoms with Gasteiger partial charge in [-0.05, 0) is 50.3 Å². The normalized spacial score (nSPS) is 20.2. The van der Waals surface area contributed by atoms with Crippen molar-refractivity contribution in [1.29, 1.82) is 0 Å². The smallest absolute Gasteiger partial charge is 0.251 e. The van der Waals surface area contributed by atoms with Crippen LogP contribution in [0.1, 0.15) is 37.0 Å². The molecule has 1 aromatic heterocycles. The third-order valence-corrected chi connectivity index (χ3v) is 4.60. The molecule has 1 aliphatic heterocycles. The lowest BCUT2D eigenvalue weighted by Gasteiger charge is -2.35. The molecule has 5 heteroatoms. The van der Waals surface area contributed by atoms with Gasteiger partial charge in [0.05, 0.1) is 12.2 Å². The number of amides is 1. The van der Waals surface area contributed by atoms with E-state index in [1.165, 1.54) is 0 Å². The Kier molecular flexibility index (Phi) is 4.92. The molecule has 1 N–H and O–H groups in total. The van der Waals surface area contributed by atoms with E-state index in [0.29, 0.717) is 18.8 Å². The molecule has 3 rings (SSSR count). The number of nitrogens with zero attached hydrogens (tertiary/aromatic N) is 1. The van der Waals surface area contributed by atoms with E-state index in [4.69, 9.17) is 9.47 Å². The van der Waals surface area contributed by atoms with Gasteiger partial charge in [-0.15, -0.1) is 0 Å². The molecule has 2 aromatic rings. The van der Waals surface area contributed by atoms with Crippen molar-refractivity contribution in [3.63, 3.8) is 0 Å². The number of ether oxygens (including phenoxy) is 2. The highest BCUT2D eigenvalue weighted by Crippen LogP contribution is 2.24. The predicted molar refractivity (Wildman–Crippen MR) is 94.3 cm³/mol. The number of carbonyl (C=O) groups excluding carboxylic acids is 1. The number of fused-ring (bicyclic) bond motifs is 1. The van der Waals surface area contributed by atoms with Crippen molar-refractivity contribution in [3.05, 3.63) is 36.0 Å². The lowest BCUT2D eigenvalue weighted by atomic mass is 9.93. The van der Waals surface area contributed by atoms with Gasteiger partial charge in [-0.1, -0.05) is 6.07 Å². The summed E-state index contributed by atoms with van der Waals surface area (Å²) in [6.07, 6.45) is 3.74. The second kappa shape index (κ2) is 6.95. The zero-order valence-corrected chi connectivity index (χ0v) is 14.7. The molecule has 1 saturated heterocycles. The van der Waals surface area contributed by atoms with Crippen LogP contribution in [0.15, 0.2) is 30.5 Å². The van der Waals surface area contributed by atoms with Crippen LogP contribution in [-0.2, 0) is 16.0 Å². The van der Waals surface area contributed by atoms with E-state index >= 15 is 0 Å². The molecule has 0 bridgehead atoms. The van der Waals surface area contributed by atoms with Crippen molar-refractivity contribution in [3.8, 4) is 0 Å². The highest BCUT2D eigenvalue weighted by atomic mass is 16.5. The van der Waals surface area contributed by atoms with E-state index in [1.807, 2.05) is 24.4 Å². The van der Waals surface area contributed by atoms with Crippen molar-refractivity contribution in [2.45, 2.75) is 44.9 Å². The van der Waals surface area contributed by atoms with Gasteiger partial charge in [0.1, 0.15) is 0 Å². The van der Waals surface area contributed by atoms with Gasteiger partial charge in [0, 0.05) is 43.6 Å². The molecule has 1 amide bonds. The average Bonchev–Trinajstić information content (AvgIpc) is 2.94. The quantitative estimate of drug-likeness (QED) is 0.917. The summed E-state index contributed by atoms with van der Waals surface area (Å²) in [6.45, 7) is 6.26. The monoisotopic (exact) mass is 330 g/mol. The summed E-state index contributed by atoms with van der Waals surface area (Å²) in [5, 5.41) is 4.29. The molecule has 2 heterocycles. The molecular formula is C19H26N2O3. The Labute approximate surface area is 142 Å². The van der Waals surface area contributed by atoms with Gasteiger partial charge in [-0.2, -0.15) is 0 Å². The summed E-state index contributed by atoms with van der Waals surface area (Å²) in [5.74, 6) is -0.0147. The first-order chi connectivity index (χ1) is 11.5. The van der Waals surface area contributed by atoms with Crippen molar-refractivity contribution < 1.29 is 14.3 Å². The summed E-state index contributed by atoms with van der Waals surface area (Å²) in [4.78, 5) is 12.6. The molecule has 1 aliphatic rings. The standard InChI is InChI=1S/C19H26N2O3/c1-19(2)13-16(7-10-24-19)20-18(22)15-5-4-14-6-8-21(9-11-23-3)17(14)12-15/h4-6,8,12,16H,7,9-11,13H2,1-3H3,(H,20,22)/t16-/m0/s1. The van der Waals surface area contributed by atoms with Gasteiger partial charge in [-0.3, -0.25) is 4.79 Å². The molecule has 1 fully saturated rings. The summed E-state index contributed by atoms with van der Waals surface area (Å²) in [6, 6.07) is 8.08. The van der Waals surface area contributed by atoms with Crippen molar-refractivity contribution in [2.24, 2.45) is 0 Å². The minimum absolute atomic E-state index is 0.0147. The predicted octanol–water partition coefficient (Wildman–Crippen LogP) is 2.98. The first-order valence-electron chi connectivity index (χ1n) is 8.51. The van der Waals surface area contributed by atoms with Crippen LogP contribution in [0.4, 0.5) is 0 Å². The second-order valence-electron chi connectivity index (χ2n) is 7.05. The minimum Gasteiger partial charge on any atom is -0.383 e. The first-order valence-corrected chi connectivity index (χ1v) is 8.51. The minimum atomic E-state index is -0.172. The van der Waals surface area contributed by atoms with Gasteiger partial charge < -0.3 is 19.4 Å². The molecular weight excluding hydrogens is 304 g/mol. The van der Waals surface area contributed by atoms with Crippen LogP contribution in [-0.4, -0.2) is 42.4 Å². The van der Waals surface area contributed by atoms with Crippen LogP contribution < -0.4 is 5.32 Å². The number of nitrogens with one attached hydrogen (secondary N) is 1. The Morgan fingerprint density at radius 2 is 2.25 bits per heavy atom. The van der Waals surface area contributed by atoms with Gasteiger partial charge in [0.15, 0.2) is 0 Å². The van der Waals surface area contributed by atoms with Gasteiger partial charge >= 0.3 is 0 Å². The number of methoxy groups -OCH3 is 1. The van der Waals surface area contributed by atoms with E-state index < -0.39 is 0 Å².